The van der Waals surface area contributed by atoms with Gasteiger partial charge in [-0.15, -0.1) is 0 Å². The van der Waals surface area contributed by atoms with Gasteiger partial charge in [0.05, 0.1) is 0 Å². The molecule has 0 unspecified atom stereocenters. The number of aryl methyl sites for hydroxylation is 1. The zero-order valence-electron chi connectivity index (χ0n) is 11.0. The summed E-state index contributed by atoms with van der Waals surface area (Å²) in [6.45, 7) is 2.77. The fraction of sp³-hybridized carbons (Fsp3) is 0.533. The van der Waals surface area contributed by atoms with Crippen molar-refractivity contribution in [3.63, 3.8) is 0 Å². The maximum Gasteiger partial charge on any atom is 0.227 e. The fourth-order valence-electron chi connectivity index (χ4n) is 2.61. The van der Waals surface area contributed by atoms with Gasteiger partial charge in [-0.05, 0) is 56.7 Å². The molecule has 1 amide bonds. The van der Waals surface area contributed by atoms with Crippen LogP contribution < -0.4 is 11.1 Å². The summed E-state index contributed by atoms with van der Waals surface area (Å²) in [4.78, 5) is 12.2. The fourth-order valence-corrected chi connectivity index (χ4v) is 2.61. The molecule has 1 aromatic carbocycles. The van der Waals surface area contributed by atoms with Gasteiger partial charge in [0.15, 0.2) is 0 Å². The summed E-state index contributed by atoms with van der Waals surface area (Å²) < 4.78 is 0. The van der Waals surface area contributed by atoms with Gasteiger partial charge < -0.3 is 11.1 Å². The smallest absolute Gasteiger partial charge is 0.227 e. The Balaban J connectivity index is 1.91. The lowest BCUT2D eigenvalue weighted by Crippen LogP contribution is -2.29. The Morgan fingerprint density at radius 2 is 1.94 bits per heavy atom. The lowest BCUT2D eigenvalue weighted by atomic mass is 9.81. The van der Waals surface area contributed by atoms with Gasteiger partial charge >= 0.3 is 0 Å². The topological polar surface area (TPSA) is 55.1 Å². The van der Waals surface area contributed by atoms with Crippen molar-refractivity contribution in [3.8, 4) is 0 Å². The summed E-state index contributed by atoms with van der Waals surface area (Å²) in [5, 5.41) is 3.04. The molecular formula is C15H22N2O. The lowest BCUT2D eigenvalue weighted by Gasteiger charge is -2.26. The molecule has 1 aliphatic rings. The molecule has 3 heteroatoms. The number of carbonyl (C=O) groups is 1. The molecule has 3 nitrogen and oxygen atoms in total. The third-order valence-corrected chi connectivity index (χ3v) is 3.95. The quantitative estimate of drug-likeness (QED) is 0.861. The number of hydrogen-bond acceptors (Lipinski definition) is 2. The number of amides is 1. The van der Waals surface area contributed by atoms with Crippen LogP contribution >= 0.6 is 0 Å². The molecule has 0 atom stereocenters. The number of anilines is 1. The van der Waals surface area contributed by atoms with Gasteiger partial charge in [0, 0.05) is 11.6 Å². The largest absolute Gasteiger partial charge is 0.330 e. The first-order chi connectivity index (χ1) is 8.70. The lowest BCUT2D eigenvalue weighted by molar-refractivity contribution is -0.121. The van der Waals surface area contributed by atoms with Gasteiger partial charge in [-0.3, -0.25) is 4.79 Å². The summed E-state index contributed by atoms with van der Waals surface area (Å²) >= 11 is 0. The molecule has 1 aromatic rings. The van der Waals surface area contributed by atoms with Crippen molar-refractivity contribution in [1.29, 1.82) is 0 Å². The van der Waals surface area contributed by atoms with Crippen LogP contribution in [0.25, 0.3) is 0 Å². The van der Waals surface area contributed by atoms with Crippen molar-refractivity contribution in [2.24, 2.45) is 17.6 Å². The summed E-state index contributed by atoms with van der Waals surface area (Å²) in [6, 6.07) is 7.91. The molecule has 1 saturated carbocycles. The van der Waals surface area contributed by atoms with Crippen LogP contribution in [0, 0.1) is 18.8 Å². The molecule has 0 radical (unpaired) electrons. The Hall–Kier alpha value is -1.35. The van der Waals surface area contributed by atoms with Gasteiger partial charge in [0.2, 0.25) is 5.91 Å². The van der Waals surface area contributed by atoms with E-state index in [0.29, 0.717) is 5.92 Å². The highest BCUT2D eigenvalue weighted by Crippen LogP contribution is 2.29. The van der Waals surface area contributed by atoms with E-state index in [1.54, 1.807) is 0 Å². The Morgan fingerprint density at radius 1 is 1.28 bits per heavy atom. The van der Waals surface area contributed by atoms with Crippen molar-refractivity contribution in [2.75, 3.05) is 11.9 Å². The minimum atomic E-state index is 0.160. The monoisotopic (exact) mass is 246 g/mol. The van der Waals surface area contributed by atoms with E-state index in [1.165, 1.54) is 0 Å². The predicted molar refractivity (Wildman–Crippen MR) is 74.3 cm³/mol. The number of carbonyl (C=O) groups excluding carboxylic acids is 1. The van der Waals surface area contributed by atoms with E-state index in [-0.39, 0.29) is 11.8 Å². The van der Waals surface area contributed by atoms with Crippen LogP contribution in [0.15, 0.2) is 24.3 Å². The second kappa shape index (κ2) is 6.01. The number of benzene rings is 1. The first-order valence-corrected chi connectivity index (χ1v) is 6.77. The highest BCUT2D eigenvalue weighted by molar-refractivity contribution is 5.93. The van der Waals surface area contributed by atoms with Gasteiger partial charge in [-0.1, -0.05) is 18.2 Å². The van der Waals surface area contributed by atoms with Crippen LogP contribution in [0.2, 0.25) is 0 Å². The summed E-state index contributed by atoms with van der Waals surface area (Å²) in [5.41, 5.74) is 7.71. The summed E-state index contributed by atoms with van der Waals surface area (Å²) in [7, 11) is 0. The van der Waals surface area contributed by atoms with E-state index in [1.807, 2.05) is 31.2 Å². The first kappa shape index (κ1) is 13.1. The summed E-state index contributed by atoms with van der Waals surface area (Å²) in [5.74, 6) is 0.944. The molecule has 0 bridgehead atoms. The zero-order chi connectivity index (χ0) is 13.0. The van der Waals surface area contributed by atoms with E-state index < -0.39 is 0 Å². The molecule has 0 spiro atoms. The molecule has 3 N–H and O–H groups in total. The number of hydrogen-bond donors (Lipinski definition) is 2. The minimum absolute atomic E-state index is 0.160. The summed E-state index contributed by atoms with van der Waals surface area (Å²) in [6.07, 6.45) is 4.11. The maximum absolute atomic E-state index is 12.2. The molecule has 18 heavy (non-hydrogen) atoms. The number of rotatable bonds is 3. The average Bonchev–Trinajstić information content (AvgIpc) is 2.41. The molecule has 98 valence electrons. The number of para-hydroxylation sites is 1. The second-order valence-corrected chi connectivity index (χ2v) is 5.26. The zero-order valence-corrected chi connectivity index (χ0v) is 11.0. The Morgan fingerprint density at radius 3 is 2.56 bits per heavy atom. The van der Waals surface area contributed by atoms with Crippen molar-refractivity contribution in [3.05, 3.63) is 29.8 Å². The van der Waals surface area contributed by atoms with Crippen LogP contribution in [-0.2, 0) is 4.79 Å². The van der Waals surface area contributed by atoms with Gasteiger partial charge in [0.1, 0.15) is 0 Å². The molecule has 0 saturated heterocycles. The molecule has 0 aromatic heterocycles. The molecule has 1 fully saturated rings. The van der Waals surface area contributed by atoms with Crippen molar-refractivity contribution < 1.29 is 4.79 Å². The van der Waals surface area contributed by atoms with Gasteiger partial charge in [0.25, 0.3) is 0 Å². The van der Waals surface area contributed by atoms with Crippen LogP contribution in [0.1, 0.15) is 31.2 Å². The number of nitrogens with one attached hydrogen (secondary N) is 1. The van der Waals surface area contributed by atoms with Crippen LogP contribution in [0.4, 0.5) is 5.69 Å². The van der Waals surface area contributed by atoms with Gasteiger partial charge in [-0.25, -0.2) is 0 Å². The minimum Gasteiger partial charge on any atom is -0.330 e. The maximum atomic E-state index is 12.2. The molecule has 2 rings (SSSR count). The first-order valence-electron chi connectivity index (χ1n) is 6.77. The van der Waals surface area contributed by atoms with E-state index in [2.05, 4.69) is 5.32 Å². The van der Waals surface area contributed by atoms with Crippen molar-refractivity contribution in [1.82, 2.24) is 0 Å². The normalized spacial score (nSPS) is 23.7. The van der Waals surface area contributed by atoms with Crippen LogP contribution in [0.3, 0.4) is 0 Å². The third kappa shape index (κ3) is 3.10. The Bertz CT molecular complexity index is 409. The Labute approximate surface area is 109 Å². The Kier molecular flexibility index (Phi) is 4.37. The van der Waals surface area contributed by atoms with E-state index in [9.17, 15) is 4.79 Å². The molecule has 1 aliphatic carbocycles. The van der Waals surface area contributed by atoms with Crippen molar-refractivity contribution in [2.45, 2.75) is 32.6 Å². The standard InChI is InChI=1S/C15H22N2O/c1-11-4-2-3-5-14(11)17-15(18)13-8-6-12(10-16)7-9-13/h2-5,12-13H,6-10,16H2,1H3,(H,17,18). The van der Waals surface area contributed by atoms with E-state index in [0.717, 1.165) is 43.5 Å². The third-order valence-electron chi connectivity index (χ3n) is 3.95. The predicted octanol–water partition coefficient (Wildman–Crippen LogP) is 2.70. The second-order valence-electron chi connectivity index (χ2n) is 5.26. The van der Waals surface area contributed by atoms with Crippen LogP contribution in [-0.4, -0.2) is 12.5 Å². The number of nitrogens with two attached hydrogens (primary N) is 1. The van der Waals surface area contributed by atoms with Crippen LogP contribution in [0.5, 0.6) is 0 Å². The highest BCUT2D eigenvalue weighted by atomic mass is 16.1. The van der Waals surface area contributed by atoms with Gasteiger partial charge in [-0.2, -0.15) is 0 Å². The van der Waals surface area contributed by atoms with E-state index >= 15 is 0 Å². The molecular weight excluding hydrogens is 224 g/mol. The average molecular weight is 246 g/mol. The molecule has 0 heterocycles. The van der Waals surface area contributed by atoms with Crippen molar-refractivity contribution >= 4 is 11.6 Å². The SMILES string of the molecule is Cc1ccccc1NC(=O)C1CCC(CN)CC1. The highest BCUT2D eigenvalue weighted by Gasteiger charge is 2.25. The van der Waals surface area contributed by atoms with E-state index in [4.69, 9.17) is 5.73 Å². The molecule has 0 aliphatic heterocycles.